The van der Waals surface area contributed by atoms with Gasteiger partial charge in [-0.15, -0.1) is 0 Å². The first-order chi connectivity index (χ1) is 12.5. The number of nitrogens with zero attached hydrogens (tertiary/aromatic N) is 2. The van der Waals surface area contributed by atoms with Crippen molar-refractivity contribution in [2.45, 2.75) is 31.6 Å². The van der Waals surface area contributed by atoms with E-state index in [-0.39, 0.29) is 11.2 Å². The summed E-state index contributed by atoms with van der Waals surface area (Å²) in [7, 11) is 0. The van der Waals surface area contributed by atoms with Crippen LogP contribution in [-0.2, 0) is 0 Å². The number of thioether (sulfide) groups is 1. The van der Waals surface area contributed by atoms with Crippen molar-refractivity contribution in [1.82, 2.24) is 0 Å². The van der Waals surface area contributed by atoms with E-state index in [0.29, 0.717) is 5.92 Å². The van der Waals surface area contributed by atoms with Gasteiger partial charge in [0.05, 0.1) is 5.71 Å². The van der Waals surface area contributed by atoms with Crippen molar-refractivity contribution < 1.29 is 4.39 Å². The molecule has 2 aromatic carbocycles. The van der Waals surface area contributed by atoms with Crippen molar-refractivity contribution in [3.8, 4) is 0 Å². The molecule has 0 radical (unpaired) electrons. The van der Waals surface area contributed by atoms with Crippen LogP contribution in [0.3, 0.4) is 0 Å². The second kappa shape index (κ2) is 6.80. The number of fused-ring (bicyclic) bond motifs is 1. The van der Waals surface area contributed by atoms with Gasteiger partial charge in [-0.3, -0.25) is 4.99 Å². The quantitative estimate of drug-likeness (QED) is 0.732. The minimum atomic E-state index is -0.212. The lowest BCUT2D eigenvalue weighted by molar-refractivity contribution is 0.627. The Labute approximate surface area is 157 Å². The monoisotopic (exact) mass is 367 g/mol. The molecule has 1 unspecified atom stereocenters. The zero-order valence-corrected chi connectivity index (χ0v) is 15.8. The zero-order chi connectivity index (χ0) is 18.3. The zero-order valence-electron chi connectivity index (χ0n) is 14.9. The summed E-state index contributed by atoms with van der Waals surface area (Å²) in [5, 5.41) is 0.0168. The number of rotatable bonds is 3. The van der Waals surface area contributed by atoms with Gasteiger partial charge in [-0.2, -0.15) is 0 Å². The van der Waals surface area contributed by atoms with Crippen LogP contribution in [0.2, 0.25) is 0 Å². The lowest BCUT2D eigenvalue weighted by atomic mass is 9.99. The van der Waals surface area contributed by atoms with Crippen LogP contribution in [0.4, 0.5) is 15.8 Å². The number of allylic oxidation sites excluding steroid dienone is 1. The second-order valence-electron chi connectivity index (χ2n) is 7.00. The number of hydrogen-bond acceptors (Lipinski definition) is 4. The predicted molar refractivity (Wildman–Crippen MR) is 109 cm³/mol. The summed E-state index contributed by atoms with van der Waals surface area (Å²) in [4.78, 5) is 8.27. The molecule has 0 saturated carbocycles. The maximum absolute atomic E-state index is 13.2. The topological polar surface area (TPSA) is 41.6 Å². The van der Waals surface area contributed by atoms with Gasteiger partial charge in [-0.05, 0) is 41.8 Å². The Bertz CT molecular complexity index is 887. The largest absolute Gasteiger partial charge is 0.398 e. The average Bonchev–Trinajstić information content (AvgIpc) is 3.05. The highest BCUT2D eigenvalue weighted by Crippen LogP contribution is 2.47. The summed E-state index contributed by atoms with van der Waals surface area (Å²) >= 11 is 1.75. The Morgan fingerprint density at radius 1 is 1.19 bits per heavy atom. The van der Waals surface area contributed by atoms with Crippen LogP contribution in [0.15, 0.2) is 58.6 Å². The molecular formula is C21H22FN3S. The summed E-state index contributed by atoms with van der Waals surface area (Å²) in [6, 6.07) is 12.9. The van der Waals surface area contributed by atoms with E-state index in [4.69, 9.17) is 10.7 Å². The third kappa shape index (κ3) is 3.23. The highest BCUT2D eigenvalue weighted by atomic mass is 32.2. The summed E-state index contributed by atoms with van der Waals surface area (Å²) < 4.78 is 13.2. The van der Waals surface area contributed by atoms with Gasteiger partial charge in [0, 0.05) is 41.0 Å². The number of hydrogen-bond donors (Lipinski definition) is 1. The van der Waals surface area contributed by atoms with Crippen molar-refractivity contribution >= 4 is 28.8 Å². The Balaban J connectivity index is 1.60. The van der Waals surface area contributed by atoms with Gasteiger partial charge >= 0.3 is 0 Å². The fourth-order valence-electron chi connectivity index (χ4n) is 3.28. The molecule has 3 nitrogen and oxygen atoms in total. The SMILES string of the molecule is CC(C)c1ccc(N)c(C2N=C3CCN(c4ccc(F)cc4)C=C3S2)c1. The molecule has 0 spiro atoms. The Hall–Kier alpha value is -2.27. The van der Waals surface area contributed by atoms with E-state index in [9.17, 15) is 4.39 Å². The minimum absolute atomic E-state index is 0.0168. The Kier molecular flexibility index (Phi) is 4.49. The maximum atomic E-state index is 13.2. The molecular weight excluding hydrogens is 345 g/mol. The van der Waals surface area contributed by atoms with E-state index in [1.807, 2.05) is 18.2 Å². The smallest absolute Gasteiger partial charge is 0.127 e. The first-order valence-electron chi connectivity index (χ1n) is 8.88. The molecule has 134 valence electrons. The molecule has 5 heteroatoms. The number of nitrogen functional groups attached to an aromatic ring is 1. The average molecular weight is 367 g/mol. The van der Waals surface area contributed by atoms with Crippen molar-refractivity contribution in [3.05, 3.63) is 70.5 Å². The lowest BCUT2D eigenvalue weighted by Crippen LogP contribution is -2.25. The summed E-state index contributed by atoms with van der Waals surface area (Å²) in [5.41, 5.74) is 11.6. The van der Waals surface area contributed by atoms with E-state index >= 15 is 0 Å². The molecule has 0 fully saturated rings. The molecule has 2 heterocycles. The van der Waals surface area contributed by atoms with Gasteiger partial charge in [0.25, 0.3) is 0 Å². The van der Waals surface area contributed by atoms with Crippen LogP contribution in [-0.4, -0.2) is 12.3 Å². The van der Waals surface area contributed by atoms with E-state index < -0.39 is 0 Å². The number of halogens is 1. The standard InChI is InChI=1S/C21H22FN3S/c1-13(2)14-3-8-18(23)17(11-14)21-24-19-9-10-25(12-20(19)26-21)16-6-4-15(22)5-7-16/h3-8,11-13,21H,9-10,23H2,1-2H3. The van der Waals surface area contributed by atoms with Gasteiger partial charge in [0.1, 0.15) is 11.2 Å². The Morgan fingerprint density at radius 2 is 1.96 bits per heavy atom. The normalized spacial score (nSPS) is 19.4. The molecule has 2 aliphatic rings. The van der Waals surface area contributed by atoms with E-state index in [1.54, 1.807) is 11.8 Å². The van der Waals surface area contributed by atoms with Gasteiger partial charge in [0.2, 0.25) is 0 Å². The van der Waals surface area contributed by atoms with Crippen molar-refractivity contribution in [3.63, 3.8) is 0 Å². The maximum Gasteiger partial charge on any atom is 0.127 e. The molecule has 4 rings (SSSR count). The number of anilines is 2. The first-order valence-corrected chi connectivity index (χ1v) is 9.76. The van der Waals surface area contributed by atoms with Crippen molar-refractivity contribution in [1.29, 1.82) is 0 Å². The summed E-state index contributed by atoms with van der Waals surface area (Å²) in [6.45, 7) is 5.22. The van der Waals surface area contributed by atoms with Gasteiger partial charge in [-0.25, -0.2) is 4.39 Å². The third-order valence-electron chi connectivity index (χ3n) is 4.86. The van der Waals surface area contributed by atoms with Crippen molar-refractivity contribution in [2.24, 2.45) is 4.99 Å². The summed E-state index contributed by atoms with van der Waals surface area (Å²) in [5.74, 6) is 0.250. The van der Waals surface area contributed by atoms with E-state index in [0.717, 1.165) is 35.6 Å². The highest BCUT2D eigenvalue weighted by Gasteiger charge is 2.29. The van der Waals surface area contributed by atoms with Gasteiger partial charge in [0.15, 0.2) is 0 Å². The summed E-state index contributed by atoms with van der Waals surface area (Å²) in [6.07, 6.45) is 3.01. The molecule has 1 atom stereocenters. The van der Waals surface area contributed by atoms with Crippen LogP contribution in [0.5, 0.6) is 0 Å². The Morgan fingerprint density at radius 3 is 2.69 bits per heavy atom. The first kappa shape index (κ1) is 17.2. The fourth-order valence-corrected chi connectivity index (χ4v) is 4.51. The molecule has 0 amide bonds. The van der Waals surface area contributed by atoms with Crippen LogP contribution < -0.4 is 10.6 Å². The molecule has 2 N–H and O–H groups in total. The molecule has 2 aliphatic heterocycles. The molecule has 0 saturated heterocycles. The van der Waals surface area contributed by atoms with E-state index in [2.05, 4.69) is 37.1 Å². The minimum Gasteiger partial charge on any atom is -0.398 e. The van der Waals surface area contributed by atoms with Crippen LogP contribution in [0.1, 0.15) is 42.7 Å². The molecule has 0 bridgehead atoms. The van der Waals surface area contributed by atoms with E-state index in [1.165, 1.54) is 22.6 Å². The number of aliphatic imine (C=N–C) groups is 1. The van der Waals surface area contributed by atoms with Gasteiger partial charge < -0.3 is 10.6 Å². The predicted octanol–water partition coefficient (Wildman–Crippen LogP) is 5.47. The number of nitrogens with two attached hydrogens (primary N) is 1. The second-order valence-corrected chi connectivity index (χ2v) is 8.12. The molecule has 26 heavy (non-hydrogen) atoms. The van der Waals surface area contributed by atoms with Crippen LogP contribution >= 0.6 is 11.8 Å². The number of benzene rings is 2. The lowest BCUT2D eigenvalue weighted by Gasteiger charge is -2.25. The van der Waals surface area contributed by atoms with Crippen LogP contribution in [0, 0.1) is 5.82 Å². The molecule has 2 aromatic rings. The van der Waals surface area contributed by atoms with Gasteiger partial charge in [-0.1, -0.05) is 37.7 Å². The molecule has 0 aromatic heterocycles. The van der Waals surface area contributed by atoms with Crippen molar-refractivity contribution in [2.75, 3.05) is 17.2 Å². The van der Waals surface area contributed by atoms with Crippen LogP contribution in [0.25, 0.3) is 0 Å². The molecule has 0 aliphatic carbocycles. The fraction of sp³-hybridized carbons (Fsp3) is 0.286. The third-order valence-corrected chi connectivity index (χ3v) is 6.04. The highest BCUT2D eigenvalue weighted by molar-refractivity contribution is 8.04.